The van der Waals surface area contributed by atoms with Gasteiger partial charge in [-0.15, -0.1) is 5.92 Å². The van der Waals surface area contributed by atoms with Crippen molar-refractivity contribution < 1.29 is 29.6 Å². The summed E-state index contributed by atoms with van der Waals surface area (Å²) in [4.78, 5) is 22.4. The summed E-state index contributed by atoms with van der Waals surface area (Å²) in [5.41, 5.74) is 6.50. The molecule has 3 saturated heterocycles. The molecule has 0 amide bonds. The molecule has 7 aliphatic heterocycles. The summed E-state index contributed by atoms with van der Waals surface area (Å²) >= 11 is 0. The number of aromatic hydroxyl groups is 1. The number of phenolic OH excluding ortho intramolecular Hbond substituents is 1. The molecule has 12 bridgehead atoms. The molecule has 12 heteroatoms. The van der Waals surface area contributed by atoms with E-state index in [1.54, 1.807) is 6.07 Å². The standard InChI is InChI=1S/C42H58N6O6/c1-26(49)53-38-19-33(50)8-11-42-10-7-30-13-27(15-32-18-34(9-12-44-32)54-39-17-28(16-35(30)38)5-6-37(39)51)3-2-4-36-31-14-29(21-48(36)23-40(42)52)20-47(22-31)25-46-41(43)45-24-42/h5-6,17,27,29-36,38,40,44,50-52H,4,8-9,11-16,18-25H2,1H3,(H3,43,45,46). The Morgan fingerprint density at radius 1 is 1.09 bits per heavy atom. The zero-order valence-corrected chi connectivity index (χ0v) is 31.6. The van der Waals surface area contributed by atoms with Crippen molar-refractivity contribution in [2.45, 2.75) is 108 Å². The third-order valence-corrected chi connectivity index (χ3v) is 13.4. The number of benzene rings is 1. The Labute approximate surface area is 319 Å². The van der Waals surface area contributed by atoms with E-state index in [1.165, 1.54) is 6.92 Å². The maximum Gasteiger partial charge on any atom is 0.302 e. The van der Waals surface area contributed by atoms with Crippen molar-refractivity contribution in [3.05, 3.63) is 23.8 Å². The predicted molar refractivity (Wildman–Crippen MR) is 204 cm³/mol. The molecule has 3 fully saturated rings. The van der Waals surface area contributed by atoms with Crippen molar-refractivity contribution in [3.8, 4) is 35.2 Å². The number of piperidine rings is 3. The molecule has 14 atom stereocenters. The highest BCUT2D eigenvalue weighted by atomic mass is 16.5. The molecular weight excluding hydrogens is 684 g/mol. The van der Waals surface area contributed by atoms with Crippen molar-refractivity contribution in [2.75, 3.05) is 45.9 Å². The van der Waals surface area contributed by atoms with Gasteiger partial charge in [0.15, 0.2) is 17.5 Å². The Bertz CT molecular complexity index is 1700. The highest BCUT2D eigenvalue weighted by Gasteiger charge is 2.46. The molecule has 0 saturated carbocycles. The molecule has 7 N–H and O–H groups in total. The van der Waals surface area contributed by atoms with Gasteiger partial charge in [-0.25, -0.2) is 4.99 Å². The van der Waals surface area contributed by atoms with Gasteiger partial charge in [0, 0.05) is 82.3 Å². The normalized spacial score (nSPS) is 41.9. The summed E-state index contributed by atoms with van der Waals surface area (Å²) in [7, 11) is 0. The number of phenols is 1. The third-order valence-electron chi connectivity index (χ3n) is 13.4. The first-order valence-electron chi connectivity index (χ1n) is 20.4. The van der Waals surface area contributed by atoms with Crippen molar-refractivity contribution in [1.29, 1.82) is 0 Å². The zero-order chi connectivity index (χ0) is 37.4. The number of nitrogens with one attached hydrogen (secondary N) is 2. The van der Waals surface area contributed by atoms with Gasteiger partial charge in [-0.05, 0) is 87.4 Å². The topological polar surface area (TPSA) is 165 Å². The van der Waals surface area contributed by atoms with E-state index >= 15 is 0 Å². The van der Waals surface area contributed by atoms with E-state index in [-0.39, 0.29) is 54.7 Å². The van der Waals surface area contributed by atoms with Crippen LogP contribution in [0, 0.1) is 58.7 Å². The van der Waals surface area contributed by atoms with Gasteiger partial charge >= 0.3 is 5.97 Å². The highest BCUT2D eigenvalue weighted by molar-refractivity contribution is 5.77. The number of carbonyl (C=O) groups excluding carboxylic acids is 1. The van der Waals surface area contributed by atoms with Crippen LogP contribution in [0.3, 0.4) is 0 Å². The number of hydrogen-bond donors (Lipinski definition) is 6. The second-order valence-electron chi connectivity index (χ2n) is 17.4. The number of ether oxygens (including phenoxy) is 2. The molecule has 0 aromatic heterocycles. The lowest BCUT2D eigenvalue weighted by atomic mass is 9.71. The van der Waals surface area contributed by atoms with Crippen LogP contribution < -0.4 is 21.1 Å². The molecule has 7 heterocycles. The fourth-order valence-electron chi connectivity index (χ4n) is 10.7. The van der Waals surface area contributed by atoms with E-state index in [1.807, 2.05) is 12.1 Å². The quantitative estimate of drug-likeness (QED) is 0.184. The van der Waals surface area contributed by atoms with E-state index in [2.05, 4.69) is 44.1 Å². The second kappa shape index (κ2) is 15.9. The Kier molecular flexibility index (Phi) is 11.0. The molecular formula is C42H58N6O6. The van der Waals surface area contributed by atoms with Crippen LogP contribution in [0.15, 0.2) is 23.2 Å². The number of fused-ring (bicyclic) bond motifs is 8. The summed E-state index contributed by atoms with van der Waals surface area (Å²) in [5.74, 6) is 15.7. The highest BCUT2D eigenvalue weighted by Crippen LogP contribution is 2.41. The van der Waals surface area contributed by atoms with Gasteiger partial charge in [-0.1, -0.05) is 23.8 Å². The number of rotatable bonds is 1. The number of aliphatic imine (C=N–C) groups is 1. The molecule has 1 aliphatic carbocycles. The molecule has 1 spiro atoms. The Hall–Kier alpha value is -3.52. The van der Waals surface area contributed by atoms with E-state index in [0.717, 1.165) is 57.4 Å². The Morgan fingerprint density at radius 2 is 1.98 bits per heavy atom. The van der Waals surface area contributed by atoms with Crippen molar-refractivity contribution in [3.63, 3.8) is 0 Å². The van der Waals surface area contributed by atoms with Crippen LogP contribution in [-0.4, -0.2) is 119 Å². The van der Waals surface area contributed by atoms with Gasteiger partial charge in [0.2, 0.25) is 0 Å². The molecule has 9 rings (SSSR count). The van der Waals surface area contributed by atoms with Gasteiger partial charge in [-0.2, -0.15) is 0 Å². The molecule has 14 unspecified atom stereocenters. The molecule has 1 aromatic rings. The lowest BCUT2D eigenvalue weighted by Crippen LogP contribution is -2.60. The lowest BCUT2D eigenvalue weighted by molar-refractivity contribution is -0.152. The smallest absolute Gasteiger partial charge is 0.302 e. The number of guanidine groups is 1. The first-order valence-corrected chi connectivity index (χ1v) is 20.4. The molecule has 8 aliphatic rings. The van der Waals surface area contributed by atoms with E-state index < -0.39 is 29.7 Å². The number of hydrogen-bond acceptors (Lipinski definition) is 12. The summed E-state index contributed by atoms with van der Waals surface area (Å²) in [6.45, 7) is 6.24. The van der Waals surface area contributed by atoms with Crippen molar-refractivity contribution in [2.24, 2.45) is 45.7 Å². The largest absolute Gasteiger partial charge is 0.504 e. The van der Waals surface area contributed by atoms with Gasteiger partial charge in [0.25, 0.3) is 0 Å². The molecule has 1 aromatic carbocycles. The van der Waals surface area contributed by atoms with Crippen molar-refractivity contribution in [1.82, 2.24) is 20.4 Å². The van der Waals surface area contributed by atoms with Gasteiger partial charge < -0.3 is 41.2 Å². The van der Waals surface area contributed by atoms with Gasteiger partial charge in [0.05, 0.1) is 24.3 Å². The number of nitrogens with zero attached hydrogens (tertiary/aromatic N) is 3. The van der Waals surface area contributed by atoms with Crippen molar-refractivity contribution >= 4 is 11.9 Å². The second-order valence-corrected chi connectivity index (χ2v) is 17.4. The fraction of sp³-hybridized carbons (Fsp3) is 0.714. The van der Waals surface area contributed by atoms with Crippen LogP contribution in [0.2, 0.25) is 0 Å². The Morgan fingerprint density at radius 3 is 2.85 bits per heavy atom. The van der Waals surface area contributed by atoms with Gasteiger partial charge in [-0.3, -0.25) is 14.6 Å². The monoisotopic (exact) mass is 742 g/mol. The maximum absolute atomic E-state index is 12.7. The average Bonchev–Trinajstić information content (AvgIpc) is 3.14. The van der Waals surface area contributed by atoms with Crippen LogP contribution in [0.25, 0.3) is 0 Å². The summed E-state index contributed by atoms with van der Waals surface area (Å²) in [5, 5.41) is 42.3. The molecule has 292 valence electrons. The van der Waals surface area contributed by atoms with Crippen LogP contribution in [0.1, 0.15) is 70.3 Å². The fourth-order valence-corrected chi connectivity index (χ4v) is 10.7. The molecule has 54 heavy (non-hydrogen) atoms. The molecule has 12 nitrogen and oxygen atoms in total. The van der Waals surface area contributed by atoms with Crippen LogP contribution in [0.4, 0.5) is 0 Å². The minimum absolute atomic E-state index is 0.0151. The first kappa shape index (κ1) is 37.4. The summed E-state index contributed by atoms with van der Waals surface area (Å²) in [6.07, 6.45) is 4.13. The average molecular weight is 743 g/mol. The number of aliphatic hydroxyl groups is 2. The Balaban J connectivity index is 1.30. The lowest BCUT2D eigenvalue weighted by Gasteiger charge is -2.51. The van der Waals surface area contributed by atoms with Crippen LogP contribution in [0.5, 0.6) is 11.5 Å². The summed E-state index contributed by atoms with van der Waals surface area (Å²) < 4.78 is 12.6. The number of nitrogens with two attached hydrogens (primary N) is 1. The maximum atomic E-state index is 12.7. The van der Waals surface area contributed by atoms with Gasteiger partial charge in [0.1, 0.15) is 12.2 Å². The predicted octanol–water partition coefficient (Wildman–Crippen LogP) is 1.81. The number of esters is 1. The third kappa shape index (κ3) is 8.34. The van der Waals surface area contributed by atoms with E-state index in [4.69, 9.17) is 20.2 Å². The van der Waals surface area contributed by atoms with E-state index in [9.17, 15) is 20.1 Å². The summed E-state index contributed by atoms with van der Waals surface area (Å²) in [6, 6.07) is 5.83. The number of carbonyl (C=O) groups is 1. The van der Waals surface area contributed by atoms with Crippen LogP contribution in [-0.2, 0) is 16.0 Å². The zero-order valence-electron chi connectivity index (χ0n) is 31.6. The van der Waals surface area contributed by atoms with E-state index in [0.29, 0.717) is 68.9 Å². The number of aliphatic hydroxyl groups excluding tert-OH is 2. The SMILES string of the molecule is CC(=O)OC1CC(O)CCC23C#CC4CC(C#CCC5C6CC(CN(CN=C(N)NC2)C6)CN5CC3O)CC2CC(CCN2)Oc2cc(ccc2O)CC41. The molecule has 0 radical (unpaired) electrons. The minimum atomic E-state index is -0.946. The van der Waals surface area contributed by atoms with Crippen LogP contribution >= 0.6 is 0 Å². The first-order chi connectivity index (χ1) is 26.1. The minimum Gasteiger partial charge on any atom is -0.504 e.